The van der Waals surface area contributed by atoms with Crippen molar-refractivity contribution in [1.82, 2.24) is 0 Å². The van der Waals surface area contributed by atoms with Gasteiger partial charge in [-0.2, -0.15) is 0 Å². The summed E-state index contributed by atoms with van der Waals surface area (Å²) in [6, 6.07) is 32.2. The van der Waals surface area contributed by atoms with Gasteiger partial charge in [-0.3, -0.25) is 4.79 Å². The number of fused-ring (bicyclic) bond motifs is 2. The molecule has 178 valence electrons. The van der Waals surface area contributed by atoms with E-state index >= 15 is 0 Å². The molecule has 4 heteroatoms. The van der Waals surface area contributed by atoms with Crippen molar-refractivity contribution in [3.63, 3.8) is 0 Å². The maximum Gasteiger partial charge on any atom is 0.343 e. The molecular formula is C32H26O4. The molecule has 5 rings (SSSR count). The highest BCUT2D eigenvalue weighted by molar-refractivity contribution is 6.11. The second-order valence-corrected chi connectivity index (χ2v) is 9.71. The molecule has 0 radical (unpaired) electrons. The summed E-state index contributed by atoms with van der Waals surface area (Å²) in [6.45, 7) is 5.46. The number of hydrogen-bond donors (Lipinski definition) is 0. The van der Waals surface area contributed by atoms with E-state index in [0.29, 0.717) is 28.2 Å². The number of hydrogen-bond acceptors (Lipinski definition) is 4. The van der Waals surface area contributed by atoms with Gasteiger partial charge in [-0.15, -0.1) is 0 Å². The highest BCUT2D eigenvalue weighted by atomic mass is 16.5. The number of carbonyl (C=O) groups excluding carboxylic acids is 2. The molecule has 0 amide bonds. The van der Waals surface area contributed by atoms with Crippen LogP contribution < -0.4 is 9.47 Å². The summed E-state index contributed by atoms with van der Waals surface area (Å²) in [5.74, 6) is 0.0108. The van der Waals surface area contributed by atoms with Crippen LogP contribution in [-0.4, -0.2) is 11.9 Å². The van der Waals surface area contributed by atoms with Crippen molar-refractivity contribution in [3.8, 4) is 22.6 Å². The van der Waals surface area contributed by atoms with Crippen LogP contribution >= 0.6 is 0 Å². The van der Waals surface area contributed by atoms with Crippen molar-refractivity contribution in [2.75, 3.05) is 0 Å². The molecular weight excluding hydrogens is 448 g/mol. The van der Waals surface area contributed by atoms with Gasteiger partial charge in [-0.25, -0.2) is 4.79 Å². The van der Waals surface area contributed by atoms with Gasteiger partial charge >= 0.3 is 11.9 Å². The third kappa shape index (κ3) is 4.46. The summed E-state index contributed by atoms with van der Waals surface area (Å²) >= 11 is 0. The van der Waals surface area contributed by atoms with Gasteiger partial charge in [0.15, 0.2) is 0 Å². The Morgan fingerprint density at radius 2 is 1.03 bits per heavy atom. The van der Waals surface area contributed by atoms with Gasteiger partial charge in [0.25, 0.3) is 0 Å². The molecule has 0 atom stereocenters. The van der Waals surface area contributed by atoms with Crippen LogP contribution in [0.3, 0.4) is 0 Å². The molecule has 0 heterocycles. The minimum atomic E-state index is -0.690. The van der Waals surface area contributed by atoms with E-state index in [1.165, 1.54) is 0 Å². The Labute approximate surface area is 210 Å². The van der Waals surface area contributed by atoms with Crippen molar-refractivity contribution in [3.05, 3.63) is 109 Å². The highest BCUT2D eigenvalue weighted by Gasteiger charge is 2.27. The molecule has 0 aliphatic rings. The van der Waals surface area contributed by atoms with Crippen molar-refractivity contribution in [2.24, 2.45) is 5.41 Å². The number of rotatable bonds is 4. The van der Waals surface area contributed by atoms with Gasteiger partial charge in [-0.05, 0) is 66.6 Å². The Morgan fingerprint density at radius 3 is 1.56 bits per heavy atom. The fraction of sp³-hybridized carbons (Fsp3) is 0.125. The third-order valence-electron chi connectivity index (χ3n) is 6.06. The second kappa shape index (κ2) is 9.31. The van der Waals surface area contributed by atoms with Crippen molar-refractivity contribution < 1.29 is 19.1 Å². The van der Waals surface area contributed by atoms with E-state index in [1.54, 1.807) is 30.3 Å². The zero-order chi connectivity index (χ0) is 25.3. The summed E-state index contributed by atoms with van der Waals surface area (Å²) in [5, 5.41) is 3.75. The molecule has 0 saturated heterocycles. The second-order valence-electron chi connectivity index (χ2n) is 9.71. The summed E-state index contributed by atoms with van der Waals surface area (Å²) in [4.78, 5) is 26.0. The first-order valence-corrected chi connectivity index (χ1v) is 11.9. The Balaban J connectivity index is 1.78. The summed E-state index contributed by atoms with van der Waals surface area (Å²) in [6.07, 6.45) is 0. The first kappa shape index (κ1) is 23.3. The van der Waals surface area contributed by atoms with Gasteiger partial charge in [0.1, 0.15) is 11.5 Å². The lowest BCUT2D eigenvalue weighted by atomic mass is 9.92. The minimum absolute atomic E-state index is 0.345. The predicted octanol–water partition coefficient (Wildman–Crippen LogP) is 7.83. The fourth-order valence-corrected chi connectivity index (χ4v) is 4.17. The molecule has 5 aromatic carbocycles. The van der Waals surface area contributed by atoms with Crippen LogP contribution in [-0.2, 0) is 4.79 Å². The average molecular weight is 475 g/mol. The number of benzene rings is 5. The molecule has 0 N–H and O–H groups in total. The molecule has 0 aromatic heterocycles. The maximum absolute atomic E-state index is 13.1. The van der Waals surface area contributed by atoms with Crippen LogP contribution in [0.5, 0.6) is 11.5 Å². The molecule has 0 aliphatic carbocycles. The monoisotopic (exact) mass is 474 g/mol. The molecule has 0 unspecified atom stereocenters. The van der Waals surface area contributed by atoms with Crippen LogP contribution in [0.4, 0.5) is 0 Å². The Kier molecular flexibility index (Phi) is 6.03. The lowest BCUT2D eigenvalue weighted by Crippen LogP contribution is -2.25. The molecule has 0 bridgehead atoms. The van der Waals surface area contributed by atoms with Crippen molar-refractivity contribution in [2.45, 2.75) is 20.8 Å². The van der Waals surface area contributed by atoms with Crippen LogP contribution in [0.1, 0.15) is 31.1 Å². The third-order valence-corrected chi connectivity index (χ3v) is 6.06. The summed E-state index contributed by atoms with van der Waals surface area (Å²) in [7, 11) is 0. The number of carbonyl (C=O) groups is 2. The smallest absolute Gasteiger partial charge is 0.343 e. The molecule has 4 nitrogen and oxygen atoms in total. The fourth-order valence-electron chi connectivity index (χ4n) is 4.17. The maximum atomic E-state index is 13.1. The lowest BCUT2D eigenvalue weighted by Gasteiger charge is -2.21. The van der Waals surface area contributed by atoms with E-state index in [2.05, 4.69) is 0 Å². The highest BCUT2D eigenvalue weighted by Crippen LogP contribution is 2.46. The van der Waals surface area contributed by atoms with E-state index in [-0.39, 0.29) is 5.97 Å². The molecule has 0 spiro atoms. The van der Waals surface area contributed by atoms with E-state index in [0.717, 1.165) is 21.5 Å². The largest absolute Gasteiger partial charge is 0.425 e. The molecule has 5 aromatic rings. The lowest BCUT2D eigenvalue weighted by molar-refractivity contribution is -0.142. The molecule has 0 saturated carbocycles. The van der Waals surface area contributed by atoms with E-state index in [9.17, 15) is 9.59 Å². The van der Waals surface area contributed by atoms with Crippen LogP contribution in [0.2, 0.25) is 0 Å². The molecule has 0 aliphatic heterocycles. The predicted molar refractivity (Wildman–Crippen MR) is 143 cm³/mol. The molecule has 0 fully saturated rings. The Hall–Kier alpha value is -4.44. The number of esters is 2. The van der Waals surface area contributed by atoms with Crippen LogP contribution in [0.15, 0.2) is 103 Å². The van der Waals surface area contributed by atoms with E-state index in [1.807, 2.05) is 93.6 Å². The summed E-state index contributed by atoms with van der Waals surface area (Å²) in [5.41, 5.74) is 1.17. The van der Waals surface area contributed by atoms with E-state index in [4.69, 9.17) is 9.47 Å². The quantitative estimate of drug-likeness (QED) is 0.197. The van der Waals surface area contributed by atoms with Gasteiger partial charge < -0.3 is 9.47 Å². The van der Waals surface area contributed by atoms with Crippen molar-refractivity contribution in [1.29, 1.82) is 0 Å². The van der Waals surface area contributed by atoms with Crippen LogP contribution in [0.25, 0.3) is 32.7 Å². The average Bonchev–Trinajstić information content (AvgIpc) is 2.89. The number of ether oxygens (including phenoxy) is 2. The first-order valence-electron chi connectivity index (χ1n) is 11.9. The van der Waals surface area contributed by atoms with Crippen molar-refractivity contribution >= 4 is 33.5 Å². The Morgan fingerprint density at radius 1 is 0.556 bits per heavy atom. The molecule has 36 heavy (non-hydrogen) atoms. The van der Waals surface area contributed by atoms with Crippen LogP contribution in [0, 0.1) is 5.41 Å². The van der Waals surface area contributed by atoms with E-state index < -0.39 is 11.4 Å². The first-order chi connectivity index (χ1) is 17.3. The van der Waals surface area contributed by atoms with Gasteiger partial charge in [0.2, 0.25) is 0 Å². The SMILES string of the molecule is CC(C)(C)C(=O)Oc1ccc2ccccc2c1-c1c(OC(=O)c2ccccc2)ccc2ccccc12. The topological polar surface area (TPSA) is 52.6 Å². The Bertz CT molecular complexity index is 1590. The summed E-state index contributed by atoms with van der Waals surface area (Å²) < 4.78 is 12.0. The van der Waals surface area contributed by atoms with Gasteiger partial charge in [0.05, 0.1) is 11.0 Å². The zero-order valence-corrected chi connectivity index (χ0v) is 20.4. The van der Waals surface area contributed by atoms with Gasteiger partial charge in [0, 0.05) is 11.1 Å². The zero-order valence-electron chi connectivity index (χ0n) is 20.4. The van der Waals surface area contributed by atoms with Gasteiger partial charge in [-0.1, -0.05) is 78.9 Å². The standard InChI is InChI=1S/C32H26O4/c1-32(2,3)31(34)36-27-20-18-22-12-8-10-16-25(22)29(27)28-24-15-9-7-11-21(24)17-19-26(28)35-30(33)23-13-5-4-6-14-23/h4-20H,1-3H3. The normalized spacial score (nSPS) is 11.4. The minimum Gasteiger partial charge on any atom is -0.425 e.